The second-order valence-electron chi connectivity index (χ2n) is 5.83. The molecule has 2 aromatic heterocycles. The average Bonchev–Trinajstić information content (AvgIpc) is 2.87. The Balaban J connectivity index is 1.96. The van der Waals surface area contributed by atoms with Crippen molar-refractivity contribution in [2.45, 2.75) is 38.1 Å². The van der Waals surface area contributed by atoms with Crippen molar-refractivity contribution >= 4 is 22.8 Å². The lowest BCUT2D eigenvalue weighted by Gasteiger charge is -2.39. The molecule has 0 aromatic carbocycles. The highest BCUT2D eigenvalue weighted by Crippen LogP contribution is 2.35. The number of hydrogen-bond acceptors (Lipinski definition) is 6. The SMILES string of the molecule is CC1CCCC(CO)(Nc2nc(N)nc3[nH]ncc23)C1. The maximum atomic E-state index is 9.85. The van der Waals surface area contributed by atoms with Gasteiger partial charge in [-0.1, -0.05) is 19.8 Å². The average molecular weight is 276 g/mol. The fourth-order valence-corrected chi connectivity index (χ4v) is 3.16. The Morgan fingerprint density at radius 1 is 1.55 bits per heavy atom. The number of fused-ring (bicyclic) bond motifs is 1. The molecule has 3 rings (SSSR count). The van der Waals surface area contributed by atoms with Crippen molar-refractivity contribution in [3.05, 3.63) is 6.20 Å². The number of aromatic amines is 1. The summed E-state index contributed by atoms with van der Waals surface area (Å²) < 4.78 is 0. The first-order chi connectivity index (χ1) is 9.62. The maximum Gasteiger partial charge on any atom is 0.224 e. The zero-order valence-electron chi connectivity index (χ0n) is 11.6. The van der Waals surface area contributed by atoms with Gasteiger partial charge in [0.2, 0.25) is 5.95 Å². The Bertz CT molecular complexity index is 612. The molecule has 5 N–H and O–H groups in total. The van der Waals surface area contributed by atoms with Gasteiger partial charge in [0, 0.05) is 0 Å². The molecule has 7 nitrogen and oxygen atoms in total. The summed E-state index contributed by atoms with van der Waals surface area (Å²) in [6.07, 6.45) is 5.83. The van der Waals surface area contributed by atoms with Gasteiger partial charge in [0.15, 0.2) is 5.65 Å². The van der Waals surface area contributed by atoms with Crippen LogP contribution in [0.3, 0.4) is 0 Å². The third-order valence-corrected chi connectivity index (χ3v) is 4.10. The molecular formula is C13H20N6O. The van der Waals surface area contributed by atoms with E-state index in [1.807, 2.05) is 0 Å². The van der Waals surface area contributed by atoms with Crippen LogP contribution in [0.1, 0.15) is 32.6 Å². The molecule has 0 radical (unpaired) electrons. The lowest BCUT2D eigenvalue weighted by molar-refractivity contribution is 0.149. The van der Waals surface area contributed by atoms with E-state index in [0.717, 1.165) is 24.6 Å². The largest absolute Gasteiger partial charge is 0.394 e. The van der Waals surface area contributed by atoms with Gasteiger partial charge in [0.25, 0.3) is 0 Å². The van der Waals surface area contributed by atoms with Gasteiger partial charge in [-0.2, -0.15) is 15.1 Å². The zero-order chi connectivity index (χ0) is 14.2. The zero-order valence-corrected chi connectivity index (χ0v) is 11.6. The molecule has 0 saturated heterocycles. The molecule has 1 fully saturated rings. The highest BCUT2D eigenvalue weighted by Gasteiger charge is 2.35. The van der Waals surface area contributed by atoms with Crippen molar-refractivity contribution in [3.8, 4) is 0 Å². The first kappa shape index (κ1) is 13.1. The molecule has 108 valence electrons. The van der Waals surface area contributed by atoms with Gasteiger partial charge in [-0.15, -0.1) is 0 Å². The molecule has 7 heteroatoms. The molecule has 20 heavy (non-hydrogen) atoms. The number of nitrogens with two attached hydrogens (primary N) is 1. The van der Waals surface area contributed by atoms with Crippen molar-refractivity contribution in [2.24, 2.45) is 5.92 Å². The number of rotatable bonds is 3. The van der Waals surface area contributed by atoms with E-state index in [1.54, 1.807) is 6.20 Å². The number of anilines is 2. The molecule has 0 bridgehead atoms. The van der Waals surface area contributed by atoms with E-state index in [2.05, 4.69) is 32.4 Å². The normalized spacial score (nSPS) is 26.8. The van der Waals surface area contributed by atoms with Gasteiger partial charge < -0.3 is 16.2 Å². The van der Waals surface area contributed by atoms with Crippen molar-refractivity contribution < 1.29 is 5.11 Å². The number of nitrogen functional groups attached to an aromatic ring is 1. The predicted octanol–water partition coefficient (Wildman–Crippen LogP) is 1.29. The van der Waals surface area contributed by atoms with Gasteiger partial charge in [-0.25, -0.2) is 0 Å². The Kier molecular flexibility index (Phi) is 3.21. The topological polar surface area (TPSA) is 113 Å². The van der Waals surface area contributed by atoms with Crippen LogP contribution in [0.5, 0.6) is 0 Å². The van der Waals surface area contributed by atoms with Gasteiger partial charge in [0.1, 0.15) is 5.82 Å². The second kappa shape index (κ2) is 4.90. The number of H-pyrrole nitrogens is 1. The summed E-state index contributed by atoms with van der Waals surface area (Å²) in [6.45, 7) is 2.30. The number of aromatic nitrogens is 4. The van der Waals surface area contributed by atoms with Crippen molar-refractivity contribution in [1.29, 1.82) is 0 Å². The molecule has 1 aliphatic rings. The van der Waals surface area contributed by atoms with E-state index in [-0.39, 0.29) is 18.1 Å². The van der Waals surface area contributed by atoms with Crippen LogP contribution >= 0.6 is 0 Å². The Morgan fingerprint density at radius 3 is 3.15 bits per heavy atom. The molecule has 0 amide bonds. The Morgan fingerprint density at radius 2 is 2.40 bits per heavy atom. The first-order valence-corrected chi connectivity index (χ1v) is 6.97. The van der Waals surface area contributed by atoms with Crippen molar-refractivity contribution in [1.82, 2.24) is 20.2 Å². The molecular weight excluding hydrogens is 256 g/mol. The monoisotopic (exact) mass is 276 g/mol. The van der Waals surface area contributed by atoms with Crippen molar-refractivity contribution in [3.63, 3.8) is 0 Å². The molecule has 2 atom stereocenters. The number of aliphatic hydroxyl groups excluding tert-OH is 1. The summed E-state index contributed by atoms with van der Waals surface area (Å²) in [5.74, 6) is 1.42. The quantitative estimate of drug-likeness (QED) is 0.672. The highest BCUT2D eigenvalue weighted by atomic mass is 16.3. The van der Waals surface area contributed by atoms with Crippen LogP contribution in [0.4, 0.5) is 11.8 Å². The summed E-state index contributed by atoms with van der Waals surface area (Å²) in [5, 5.41) is 20.8. The van der Waals surface area contributed by atoms with Crippen LogP contribution in [0.25, 0.3) is 11.0 Å². The minimum Gasteiger partial charge on any atom is -0.394 e. The maximum absolute atomic E-state index is 9.85. The van der Waals surface area contributed by atoms with E-state index in [4.69, 9.17) is 5.73 Å². The van der Waals surface area contributed by atoms with Crippen LogP contribution in [0, 0.1) is 5.92 Å². The summed E-state index contributed by atoms with van der Waals surface area (Å²) in [7, 11) is 0. The Hall–Kier alpha value is -1.89. The summed E-state index contributed by atoms with van der Waals surface area (Å²) >= 11 is 0. The van der Waals surface area contributed by atoms with E-state index in [9.17, 15) is 5.11 Å². The fraction of sp³-hybridized carbons (Fsp3) is 0.615. The van der Waals surface area contributed by atoms with Crippen LogP contribution in [-0.4, -0.2) is 37.4 Å². The van der Waals surface area contributed by atoms with E-state index < -0.39 is 0 Å². The van der Waals surface area contributed by atoms with Gasteiger partial charge >= 0.3 is 0 Å². The molecule has 2 heterocycles. The molecule has 0 aliphatic heterocycles. The fourth-order valence-electron chi connectivity index (χ4n) is 3.16. The third-order valence-electron chi connectivity index (χ3n) is 4.10. The smallest absolute Gasteiger partial charge is 0.224 e. The third kappa shape index (κ3) is 2.29. The van der Waals surface area contributed by atoms with E-state index in [1.165, 1.54) is 6.42 Å². The molecule has 1 saturated carbocycles. The minimum atomic E-state index is -0.331. The number of aliphatic hydroxyl groups is 1. The summed E-state index contributed by atoms with van der Waals surface area (Å²) in [6, 6.07) is 0. The standard InChI is InChI=1S/C13H20N6O/c1-8-3-2-4-13(5-8,7-20)18-10-9-6-15-19-11(9)17-12(14)16-10/h6,8,20H,2-5,7H2,1H3,(H4,14,15,16,17,18,19). The van der Waals surface area contributed by atoms with Gasteiger partial charge in [-0.3, -0.25) is 5.10 Å². The number of nitrogens with one attached hydrogen (secondary N) is 2. The Labute approximate surface area is 117 Å². The van der Waals surface area contributed by atoms with Gasteiger partial charge in [0.05, 0.1) is 23.7 Å². The highest BCUT2D eigenvalue weighted by molar-refractivity contribution is 5.87. The number of nitrogens with zero attached hydrogens (tertiary/aromatic N) is 3. The predicted molar refractivity (Wildman–Crippen MR) is 77.2 cm³/mol. The van der Waals surface area contributed by atoms with E-state index >= 15 is 0 Å². The lowest BCUT2D eigenvalue weighted by Crippen LogP contribution is -2.46. The van der Waals surface area contributed by atoms with Crippen molar-refractivity contribution in [2.75, 3.05) is 17.7 Å². The van der Waals surface area contributed by atoms with E-state index in [0.29, 0.717) is 17.4 Å². The second-order valence-corrected chi connectivity index (χ2v) is 5.83. The lowest BCUT2D eigenvalue weighted by atomic mass is 9.77. The molecule has 0 spiro atoms. The van der Waals surface area contributed by atoms with Gasteiger partial charge in [-0.05, 0) is 18.8 Å². The summed E-state index contributed by atoms with van der Waals surface area (Å²) in [4.78, 5) is 8.37. The minimum absolute atomic E-state index is 0.0839. The van der Waals surface area contributed by atoms with Crippen LogP contribution in [-0.2, 0) is 0 Å². The summed E-state index contributed by atoms with van der Waals surface area (Å²) in [5.41, 5.74) is 6.01. The first-order valence-electron chi connectivity index (χ1n) is 6.97. The van der Waals surface area contributed by atoms with Crippen LogP contribution in [0.2, 0.25) is 0 Å². The molecule has 2 aromatic rings. The molecule has 1 aliphatic carbocycles. The van der Waals surface area contributed by atoms with Crippen LogP contribution in [0.15, 0.2) is 6.20 Å². The van der Waals surface area contributed by atoms with Crippen LogP contribution < -0.4 is 11.1 Å². The molecule has 2 unspecified atom stereocenters. The number of hydrogen-bond donors (Lipinski definition) is 4.